The van der Waals surface area contributed by atoms with Crippen LogP contribution in [0.5, 0.6) is 5.88 Å². The van der Waals surface area contributed by atoms with Gasteiger partial charge in [0.1, 0.15) is 17.7 Å². The van der Waals surface area contributed by atoms with E-state index in [1.54, 1.807) is 47.5 Å². The summed E-state index contributed by atoms with van der Waals surface area (Å²) in [6, 6.07) is 12.1. The third-order valence-electron chi connectivity index (χ3n) is 3.40. The van der Waals surface area contributed by atoms with Crippen LogP contribution in [0.3, 0.4) is 0 Å². The number of carbonyl (C=O) groups excluding carboxylic acids is 1. The molecule has 0 radical (unpaired) electrons. The Balaban J connectivity index is 1.51. The molecule has 1 aliphatic heterocycles. The number of benzene rings is 1. The van der Waals surface area contributed by atoms with Crippen molar-refractivity contribution in [2.45, 2.75) is 6.10 Å². The van der Waals surface area contributed by atoms with E-state index >= 15 is 0 Å². The highest BCUT2D eigenvalue weighted by atomic mass is 35.5. The van der Waals surface area contributed by atoms with Gasteiger partial charge in [-0.1, -0.05) is 11.6 Å². The minimum absolute atomic E-state index is 0.159. The smallest absolute Gasteiger partial charge is 0.322 e. The van der Waals surface area contributed by atoms with Gasteiger partial charge in [-0.2, -0.15) is 5.26 Å². The first-order valence-corrected chi connectivity index (χ1v) is 7.37. The summed E-state index contributed by atoms with van der Waals surface area (Å²) in [5.41, 5.74) is 1.07. The molecular weight excluding hydrogens is 316 g/mol. The van der Waals surface area contributed by atoms with Gasteiger partial charge in [-0.25, -0.2) is 9.78 Å². The van der Waals surface area contributed by atoms with Crippen LogP contribution in [0.1, 0.15) is 5.56 Å². The molecule has 2 amide bonds. The van der Waals surface area contributed by atoms with Crippen molar-refractivity contribution in [3.05, 3.63) is 53.2 Å². The van der Waals surface area contributed by atoms with Crippen LogP contribution >= 0.6 is 11.6 Å². The van der Waals surface area contributed by atoms with Crippen molar-refractivity contribution >= 4 is 23.3 Å². The van der Waals surface area contributed by atoms with Gasteiger partial charge in [-0.3, -0.25) is 0 Å². The van der Waals surface area contributed by atoms with Crippen LogP contribution in [-0.2, 0) is 0 Å². The molecule has 1 saturated heterocycles. The van der Waals surface area contributed by atoms with Crippen LogP contribution in [0.25, 0.3) is 0 Å². The average Bonchev–Trinajstić information content (AvgIpc) is 2.53. The average molecular weight is 329 g/mol. The number of urea groups is 1. The summed E-state index contributed by atoms with van der Waals surface area (Å²) in [5, 5.41) is 12.4. The third-order valence-corrected chi connectivity index (χ3v) is 3.65. The summed E-state index contributed by atoms with van der Waals surface area (Å²) in [4.78, 5) is 17.7. The first-order chi connectivity index (χ1) is 11.2. The van der Waals surface area contributed by atoms with Crippen molar-refractivity contribution in [3.8, 4) is 11.9 Å². The van der Waals surface area contributed by atoms with Gasteiger partial charge >= 0.3 is 6.03 Å². The van der Waals surface area contributed by atoms with Crippen molar-refractivity contribution in [1.29, 1.82) is 5.26 Å². The molecule has 1 aliphatic rings. The number of halogens is 1. The Bertz CT molecular complexity index is 751. The Kier molecular flexibility index (Phi) is 4.31. The number of nitrogens with one attached hydrogen (secondary N) is 1. The van der Waals surface area contributed by atoms with Crippen molar-refractivity contribution in [3.63, 3.8) is 0 Å². The van der Waals surface area contributed by atoms with Gasteiger partial charge in [0.05, 0.1) is 13.1 Å². The fourth-order valence-electron chi connectivity index (χ4n) is 2.14. The summed E-state index contributed by atoms with van der Waals surface area (Å²) in [5.74, 6) is 0.303. The third kappa shape index (κ3) is 3.52. The van der Waals surface area contributed by atoms with Crippen LogP contribution < -0.4 is 10.1 Å². The fraction of sp³-hybridized carbons (Fsp3) is 0.188. The Morgan fingerprint density at radius 2 is 2.09 bits per heavy atom. The molecule has 0 bridgehead atoms. The van der Waals surface area contributed by atoms with E-state index in [-0.39, 0.29) is 12.1 Å². The number of anilines is 1. The van der Waals surface area contributed by atoms with Crippen LogP contribution in [-0.4, -0.2) is 35.1 Å². The normalized spacial score (nSPS) is 13.8. The second-order valence-electron chi connectivity index (χ2n) is 5.05. The molecule has 1 fully saturated rings. The van der Waals surface area contributed by atoms with E-state index < -0.39 is 0 Å². The number of amides is 2. The van der Waals surface area contributed by atoms with Crippen LogP contribution in [0, 0.1) is 11.3 Å². The van der Waals surface area contributed by atoms with Crippen molar-refractivity contribution in [2.75, 3.05) is 18.4 Å². The summed E-state index contributed by atoms with van der Waals surface area (Å²) < 4.78 is 5.65. The lowest BCUT2D eigenvalue weighted by atomic mass is 10.2. The largest absolute Gasteiger partial charge is 0.470 e. The minimum atomic E-state index is -0.200. The molecule has 1 aromatic heterocycles. The molecule has 0 aliphatic carbocycles. The lowest BCUT2D eigenvalue weighted by molar-refractivity contribution is 0.0459. The lowest BCUT2D eigenvalue weighted by Crippen LogP contribution is -2.57. The zero-order valence-corrected chi connectivity index (χ0v) is 12.8. The highest BCUT2D eigenvalue weighted by molar-refractivity contribution is 6.30. The van der Waals surface area contributed by atoms with Gasteiger partial charge in [0.25, 0.3) is 0 Å². The van der Waals surface area contributed by atoms with E-state index in [4.69, 9.17) is 21.6 Å². The Morgan fingerprint density at radius 3 is 2.78 bits per heavy atom. The molecule has 1 N–H and O–H groups in total. The molecule has 23 heavy (non-hydrogen) atoms. The second-order valence-corrected chi connectivity index (χ2v) is 5.49. The first kappa shape index (κ1) is 15.1. The highest BCUT2D eigenvalue weighted by Crippen LogP contribution is 2.20. The molecule has 7 heteroatoms. The summed E-state index contributed by atoms with van der Waals surface area (Å²) in [6.45, 7) is 0.891. The maximum absolute atomic E-state index is 12.1. The molecule has 0 atom stereocenters. The molecule has 0 spiro atoms. The van der Waals surface area contributed by atoms with Gasteiger partial charge in [0, 0.05) is 16.9 Å². The van der Waals surface area contributed by atoms with E-state index in [1.165, 1.54) is 0 Å². The quantitative estimate of drug-likeness (QED) is 0.939. The molecule has 6 nitrogen and oxygen atoms in total. The number of nitrogens with zero attached hydrogens (tertiary/aromatic N) is 3. The predicted octanol–water partition coefficient (Wildman–Crippen LogP) is 2.90. The van der Waals surface area contributed by atoms with Crippen molar-refractivity contribution in [2.24, 2.45) is 0 Å². The number of pyridine rings is 1. The summed E-state index contributed by atoms with van der Waals surface area (Å²) in [6.07, 6.45) is 1.41. The molecule has 2 aromatic rings. The first-order valence-electron chi connectivity index (χ1n) is 6.99. The van der Waals surface area contributed by atoms with Gasteiger partial charge < -0.3 is 15.0 Å². The SMILES string of the molecule is N#Cc1cccnc1OC1CN(C(=O)Nc2ccc(Cl)cc2)C1. The zero-order chi connectivity index (χ0) is 16.2. The van der Waals surface area contributed by atoms with Gasteiger partial charge in [-0.15, -0.1) is 0 Å². The molecule has 116 valence electrons. The van der Waals surface area contributed by atoms with E-state index in [0.717, 1.165) is 0 Å². The highest BCUT2D eigenvalue weighted by Gasteiger charge is 2.33. The Hall–Kier alpha value is -2.78. The number of likely N-dealkylation sites (tertiary alicyclic amines) is 1. The maximum Gasteiger partial charge on any atom is 0.322 e. The number of carbonyl (C=O) groups is 1. The molecule has 2 heterocycles. The Morgan fingerprint density at radius 1 is 1.35 bits per heavy atom. The van der Waals surface area contributed by atoms with Gasteiger partial charge in [0.15, 0.2) is 0 Å². The number of ether oxygens (including phenoxy) is 1. The molecule has 0 saturated carbocycles. The van der Waals surface area contributed by atoms with Gasteiger partial charge in [-0.05, 0) is 36.4 Å². The number of aromatic nitrogens is 1. The molecule has 3 rings (SSSR count). The number of hydrogen-bond acceptors (Lipinski definition) is 4. The summed E-state index contributed by atoms with van der Waals surface area (Å²) >= 11 is 5.80. The lowest BCUT2D eigenvalue weighted by Gasteiger charge is -2.38. The molecular formula is C16H13ClN4O2. The van der Waals surface area contributed by atoms with Crippen molar-refractivity contribution in [1.82, 2.24) is 9.88 Å². The van der Waals surface area contributed by atoms with Crippen LogP contribution in [0.2, 0.25) is 5.02 Å². The van der Waals surface area contributed by atoms with E-state index in [0.29, 0.717) is 35.2 Å². The zero-order valence-electron chi connectivity index (χ0n) is 12.1. The number of hydrogen-bond donors (Lipinski definition) is 1. The minimum Gasteiger partial charge on any atom is -0.470 e. The second kappa shape index (κ2) is 6.55. The maximum atomic E-state index is 12.1. The topological polar surface area (TPSA) is 78.2 Å². The molecule has 0 unspecified atom stereocenters. The van der Waals surface area contributed by atoms with Crippen molar-refractivity contribution < 1.29 is 9.53 Å². The number of nitriles is 1. The Labute approximate surface area is 138 Å². The fourth-order valence-corrected chi connectivity index (χ4v) is 2.27. The predicted molar refractivity (Wildman–Crippen MR) is 85.4 cm³/mol. The van der Waals surface area contributed by atoms with Crippen LogP contribution in [0.15, 0.2) is 42.6 Å². The van der Waals surface area contributed by atoms with Gasteiger partial charge in [0.2, 0.25) is 5.88 Å². The van der Waals surface area contributed by atoms with E-state index in [2.05, 4.69) is 10.3 Å². The monoisotopic (exact) mass is 328 g/mol. The molecule has 1 aromatic carbocycles. The van der Waals surface area contributed by atoms with Crippen LogP contribution in [0.4, 0.5) is 10.5 Å². The van der Waals surface area contributed by atoms with E-state index in [1.807, 2.05) is 6.07 Å². The van der Waals surface area contributed by atoms with E-state index in [9.17, 15) is 4.79 Å². The standard InChI is InChI=1S/C16H13ClN4O2/c17-12-3-5-13(6-4-12)20-16(22)21-9-14(10-21)23-15-11(8-18)2-1-7-19-15/h1-7,14H,9-10H2,(H,20,22). The summed E-state index contributed by atoms with van der Waals surface area (Å²) in [7, 11) is 0. The number of rotatable bonds is 3.